The Morgan fingerprint density at radius 2 is 0.895 bits per heavy atom. The highest BCUT2D eigenvalue weighted by Crippen LogP contribution is 2.53. The van der Waals surface area contributed by atoms with Gasteiger partial charge in [-0.2, -0.15) is 0 Å². The Hall–Kier alpha value is -4.33. The van der Waals surface area contributed by atoms with Gasteiger partial charge in [0, 0.05) is 15.7 Å². The first-order valence-corrected chi connectivity index (χ1v) is 14.0. The summed E-state index contributed by atoms with van der Waals surface area (Å²) in [5.41, 5.74) is 6.70. The molecular weight excluding hydrogens is 476 g/mol. The molecule has 0 aliphatic carbocycles. The lowest BCUT2D eigenvalue weighted by Gasteiger charge is -2.31. The van der Waals surface area contributed by atoms with Crippen molar-refractivity contribution in [3.8, 4) is 11.1 Å². The van der Waals surface area contributed by atoms with Crippen LogP contribution in [0, 0.1) is 0 Å². The molecule has 0 N–H and O–H groups in total. The Balaban J connectivity index is 1.34. The summed E-state index contributed by atoms with van der Waals surface area (Å²) >= 11 is 1.91. The third-order valence-electron chi connectivity index (χ3n) is 7.99. The topological polar surface area (TPSA) is 0 Å². The largest absolute Gasteiger partial charge is 0.0894 e. The average Bonchev–Trinajstić information content (AvgIpc) is 2.99. The number of rotatable bonds is 2. The number of hydrogen-bond acceptors (Lipinski definition) is 1. The van der Waals surface area contributed by atoms with Gasteiger partial charge in [-0.15, -0.1) is 0 Å². The summed E-state index contributed by atoms with van der Waals surface area (Å²) in [7, 11) is 0. The second-order valence-electron chi connectivity index (χ2n) is 10.1. The summed E-state index contributed by atoms with van der Waals surface area (Å²) in [5.74, 6) is 0.170. The lowest BCUT2D eigenvalue weighted by atomic mass is 9.80. The van der Waals surface area contributed by atoms with E-state index < -0.39 is 0 Å². The fourth-order valence-electron chi connectivity index (χ4n) is 6.16. The van der Waals surface area contributed by atoms with Gasteiger partial charge in [-0.25, -0.2) is 0 Å². The molecule has 1 heteroatoms. The van der Waals surface area contributed by atoms with Crippen molar-refractivity contribution in [2.45, 2.75) is 15.7 Å². The smallest absolute Gasteiger partial charge is 0.0374 e. The van der Waals surface area contributed by atoms with Gasteiger partial charge in [0.05, 0.1) is 0 Å². The summed E-state index contributed by atoms with van der Waals surface area (Å²) in [5, 5.41) is 7.85. The lowest BCUT2D eigenvalue weighted by Crippen LogP contribution is -2.11. The molecule has 0 nitrogen and oxygen atoms in total. The number of hydrogen-bond donors (Lipinski definition) is 0. The zero-order chi connectivity index (χ0) is 25.1. The van der Waals surface area contributed by atoms with Crippen molar-refractivity contribution < 1.29 is 0 Å². The molecule has 1 heterocycles. The second-order valence-corrected chi connectivity index (χ2v) is 11.2. The van der Waals surface area contributed by atoms with E-state index in [2.05, 4.69) is 140 Å². The van der Waals surface area contributed by atoms with Gasteiger partial charge in [-0.05, 0) is 78.3 Å². The molecule has 0 amide bonds. The van der Waals surface area contributed by atoms with E-state index >= 15 is 0 Å². The van der Waals surface area contributed by atoms with E-state index in [0.29, 0.717) is 0 Å². The summed E-state index contributed by atoms with van der Waals surface area (Å²) in [6.45, 7) is 0. The van der Waals surface area contributed by atoms with Crippen LogP contribution in [0.1, 0.15) is 22.6 Å². The Morgan fingerprint density at radius 1 is 0.395 bits per heavy atom. The first kappa shape index (κ1) is 21.7. The SMILES string of the molecule is c1ccc2cc(-c3ccc(C4c5c(ccc6ccccc56)Sc5ccc6ccccc6c54)cc3)ccc2c1. The van der Waals surface area contributed by atoms with Crippen LogP contribution < -0.4 is 0 Å². The Bertz CT molecular complexity index is 1910. The van der Waals surface area contributed by atoms with Crippen LogP contribution in [-0.2, 0) is 0 Å². The van der Waals surface area contributed by atoms with Gasteiger partial charge in [0.1, 0.15) is 0 Å². The monoisotopic (exact) mass is 500 g/mol. The highest BCUT2D eigenvalue weighted by atomic mass is 32.2. The van der Waals surface area contributed by atoms with E-state index in [1.165, 1.54) is 69.9 Å². The van der Waals surface area contributed by atoms with Gasteiger partial charge >= 0.3 is 0 Å². The highest BCUT2D eigenvalue weighted by Gasteiger charge is 2.31. The maximum atomic E-state index is 2.35. The van der Waals surface area contributed by atoms with Gasteiger partial charge < -0.3 is 0 Å². The third-order valence-corrected chi connectivity index (χ3v) is 9.14. The summed E-state index contributed by atoms with van der Waals surface area (Å²) in [6, 6.07) is 51.5. The van der Waals surface area contributed by atoms with E-state index in [1.54, 1.807) is 0 Å². The van der Waals surface area contributed by atoms with Crippen LogP contribution >= 0.6 is 11.8 Å². The fraction of sp³-hybridized carbons (Fsp3) is 0.0270. The van der Waals surface area contributed by atoms with Crippen LogP contribution in [0.5, 0.6) is 0 Å². The first-order valence-electron chi connectivity index (χ1n) is 13.1. The molecule has 7 aromatic carbocycles. The van der Waals surface area contributed by atoms with Crippen LogP contribution in [0.15, 0.2) is 149 Å². The predicted octanol–water partition coefficient (Wildman–Crippen LogP) is 10.5. The van der Waals surface area contributed by atoms with Crippen LogP contribution in [-0.4, -0.2) is 0 Å². The van der Waals surface area contributed by atoms with Gasteiger partial charge in [0.2, 0.25) is 0 Å². The van der Waals surface area contributed by atoms with Crippen molar-refractivity contribution in [3.63, 3.8) is 0 Å². The van der Waals surface area contributed by atoms with E-state index in [0.717, 1.165) is 0 Å². The maximum absolute atomic E-state index is 2.35. The minimum atomic E-state index is 0.170. The molecule has 0 atom stereocenters. The molecular formula is C37H24S. The van der Waals surface area contributed by atoms with Crippen LogP contribution in [0.3, 0.4) is 0 Å². The summed E-state index contributed by atoms with van der Waals surface area (Å²) < 4.78 is 0. The Morgan fingerprint density at radius 3 is 1.53 bits per heavy atom. The zero-order valence-electron chi connectivity index (χ0n) is 20.8. The van der Waals surface area contributed by atoms with Crippen molar-refractivity contribution in [2.75, 3.05) is 0 Å². The molecule has 0 saturated carbocycles. The van der Waals surface area contributed by atoms with Crippen molar-refractivity contribution in [1.29, 1.82) is 0 Å². The zero-order valence-corrected chi connectivity index (χ0v) is 21.6. The Labute approximate surface area is 226 Å². The van der Waals surface area contributed by atoms with E-state index in [1.807, 2.05) is 11.8 Å². The quantitative estimate of drug-likeness (QED) is 0.227. The molecule has 0 fully saturated rings. The molecule has 0 unspecified atom stereocenters. The molecule has 0 spiro atoms. The normalized spacial score (nSPS) is 13.1. The molecule has 8 rings (SSSR count). The molecule has 178 valence electrons. The molecule has 38 heavy (non-hydrogen) atoms. The summed E-state index contributed by atoms with van der Waals surface area (Å²) in [6.07, 6.45) is 0. The Kier molecular flexibility index (Phi) is 4.93. The van der Waals surface area contributed by atoms with E-state index in [-0.39, 0.29) is 5.92 Å². The number of fused-ring (bicyclic) bond motifs is 7. The molecule has 0 aromatic heterocycles. The fourth-order valence-corrected chi connectivity index (χ4v) is 7.34. The molecule has 0 radical (unpaired) electrons. The van der Waals surface area contributed by atoms with Crippen molar-refractivity contribution in [3.05, 3.63) is 156 Å². The van der Waals surface area contributed by atoms with Crippen molar-refractivity contribution in [1.82, 2.24) is 0 Å². The predicted molar refractivity (Wildman–Crippen MR) is 162 cm³/mol. The minimum Gasteiger partial charge on any atom is -0.0894 e. The van der Waals surface area contributed by atoms with E-state index in [4.69, 9.17) is 0 Å². The van der Waals surface area contributed by atoms with Crippen LogP contribution in [0.2, 0.25) is 0 Å². The molecule has 0 saturated heterocycles. The van der Waals surface area contributed by atoms with Crippen molar-refractivity contribution in [2.24, 2.45) is 0 Å². The molecule has 1 aliphatic rings. The van der Waals surface area contributed by atoms with Crippen LogP contribution in [0.4, 0.5) is 0 Å². The maximum Gasteiger partial charge on any atom is 0.0374 e. The van der Waals surface area contributed by atoms with Gasteiger partial charge in [0.25, 0.3) is 0 Å². The molecule has 0 bridgehead atoms. The second kappa shape index (κ2) is 8.62. The first-order chi connectivity index (χ1) is 18.8. The van der Waals surface area contributed by atoms with Gasteiger partial charge in [0.15, 0.2) is 0 Å². The number of benzene rings is 7. The highest BCUT2D eigenvalue weighted by molar-refractivity contribution is 7.99. The third kappa shape index (κ3) is 3.40. The van der Waals surface area contributed by atoms with Crippen LogP contribution in [0.25, 0.3) is 43.4 Å². The molecule has 7 aromatic rings. The van der Waals surface area contributed by atoms with Gasteiger partial charge in [-0.3, -0.25) is 0 Å². The average molecular weight is 501 g/mol. The lowest BCUT2D eigenvalue weighted by molar-refractivity contribution is 0.926. The van der Waals surface area contributed by atoms with Gasteiger partial charge in [-0.1, -0.05) is 133 Å². The summed E-state index contributed by atoms with van der Waals surface area (Å²) in [4.78, 5) is 2.71. The molecule has 1 aliphatic heterocycles. The standard InChI is InChI=1S/C37H24S/c1-2-10-29-23-30(18-15-24(29)7-1)25-13-16-28(17-14-25)35-36-31-11-5-3-8-26(31)19-21-33(36)38-34-22-20-27-9-4-6-12-32(27)37(34)35/h1-23,35H. The minimum absolute atomic E-state index is 0.170. The van der Waals surface area contributed by atoms with Crippen molar-refractivity contribution >= 4 is 44.1 Å². The van der Waals surface area contributed by atoms with E-state index in [9.17, 15) is 0 Å².